The Kier molecular flexibility index (Phi) is 6.85. The number of sulfonamides is 1. The molecule has 0 unspecified atom stereocenters. The average Bonchev–Trinajstić information content (AvgIpc) is 3.22. The summed E-state index contributed by atoms with van der Waals surface area (Å²) < 4.78 is 49.4. The second-order valence-corrected chi connectivity index (χ2v) is 10.0. The van der Waals surface area contributed by atoms with Crippen molar-refractivity contribution < 1.29 is 17.5 Å². The van der Waals surface area contributed by atoms with E-state index in [9.17, 15) is 12.8 Å². The van der Waals surface area contributed by atoms with Crippen molar-refractivity contribution in [1.82, 2.24) is 14.8 Å². The molecular weight excluding hydrogens is 479 g/mol. The summed E-state index contributed by atoms with van der Waals surface area (Å²) in [6, 6.07) is 18.7. The molecule has 0 aliphatic rings. The Bertz CT molecular complexity index is 1390. The SMILES string of the molecule is CC(C)COc1nc(-c2ccccc2F)n(-c2ccc(NS(=O)(=O)c3ccc(Cl)cc3)cc2)n1. The van der Waals surface area contributed by atoms with E-state index in [1.807, 2.05) is 13.8 Å². The number of rotatable bonds is 8. The van der Waals surface area contributed by atoms with Gasteiger partial charge in [-0.3, -0.25) is 4.72 Å². The van der Waals surface area contributed by atoms with Gasteiger partial charge in [-0.1, -0.05) is 37.6 Å². The van der Waals surface area contributed by atoms with Crippen LogP contribution in [0.3, 0.4) is 0 Å². The Labute approximate surface area is 202 Å². The first-order valence-electron chi connectivity index (χ1n) is 10.5. The number of hydrogen-bond donors (Lipinski definition) is 1. The van der Waals surface area contributed by atoms with Gasteiger partial charge >= 0.3 is 6.01 Å². The Morgan fingerprint density at radius 3 is 2.35 bits per heavy atom. The third-order valence-electron chi connectivity index (χ3n) is 4.74. The lowest BCUT2D eigenvalue weighted by Gasteiger charge is -2.10. The van der Waals surface area contributed by atoms with E-state index < -0.39 is 15.8 Å². The highest BCUT2D eigenvalue weighted by atomic mass is 35.5. The summed E-state index contributed by atoms with van der Waals surface area (Å²) >= 11 is 5.84. The highest BCUT2D eigenvalue weighted by molar-refractivity contribution is 7.92. The summed E-state index contributed by atoms with van der Waals surface area (Å²) in [5.41, 5.74) is 1.17. The minimum atomic E-state index is -3.79. The first kappa shape index (κ1) is 23.7. The third kappa shape index (κ3) is 5.37. The number of anilines is 1. The minimum Gasteiger partial charge on any atom is -0.462 e. The monoisotopic (exact) mass is 500 g/mol. The molecule has 0 bridgehead atoms. The maximum absolute atomic E-state index is 14.5. The number of benzene rings is 3. The van der Waals surface area contributed by atoms with Crippen molar-refractivity contribution in [2.24, 2.45) is 5.92 Å². The Balaban J connectivity index is 1.65. The van der Waals surface area contributed by atoms with Gasteiger partial charge in [-0.2, -0.15) is 4.98 Å². The van der Waals surface area contributed by atoms with E-state index in [1.54, 1.807) is 42.5 Å². The number of ether oxygens (including phenoxy) is 1. The Morgan fingerprint density at radius 1 is 1.03 bits per heavy atom. The van der Waals surface area contributed by atoms with Crippen LogP contribution in [0.5, 0.6) is 6.01 Å². The molecule has 1 aromatic heterocycles. The largest absolute Gasteiger partial charge is 0.462 e. The molecule has 0 atom stereocenters. The van der Waals surface area contributed by atoms with Crippen LogP contribution in [0.1, 0.15) is 13.8 Å². The van der Waals surface area contributed by atoms with Crippen LogP contribution in [0, 0.1) is 11.7 Å². The first-order chi connectivity index (χ1) is 16.2. The van der Waals surface area contributed by atoms with Crippen LogP contribution < -0.4 is 9.46 Å². The van der Waals surface area contributed by atoms with Crippen LogP contribution in [0.4, 0.5) is 10.1 Å². The lowest BCUT2D eigenvalue weighted by atomic mass is 10.2. The molecule has 0 saturated carbocycles. The average molecular weight is 501 g/mol. The molecule has 0 spiro atoms. The van der Waals surface area contributed by atoms with Crippen LogP contribution in [0.2, 0.25) is 5.02 Å². The van der Waals surface area contributed by atoms with Gasteiger partial charge in [0.1, 0.15) is 5.82 Å². The maximum atomic E-state index is 14.5. The van der Waals surface area contributed by atoms with Gasteiger partial charge in [0.15, 0.2) is 5.82 Å². The topological polar surface area (TPSA) is 86.1 Å². The second-order valence-electron chi connectivity index (χ2n) is 7.92. The van der Waals surface area contributed by atoms with Crippen molar-refractivity contribution in [1.29, 1.82) is 0 Å². The number of nitrogens with one attached hydrogen (secondary N) is 1. The van der Waals surface area contributed by atoms with Crippen molar-refractivity contribution >= 4 is 27.3 Å². The van der Waals surface area contributed by atoms with Crippen molar-refractivity contribution in [3.05, 3.63) is 83.6 Å². The lowest BCUT2D eigenvalue weighted by molar-refractivity contribution is 0.251. The zero-order valence-electron chi connectivity index (χ0n) is 18.4. The summed E-state index contributed by atoms with van der Waals surface area (Å²) in [4.78, 5) is 4.47. The Hall–Kier alpha value is -3.43. The van der Waals surface area contributed by atoms with E-state index in [0.717, 1.165) is 0 Å². The van der Waals surface area contributed by atoms with Gasteiger partial charge in [0.05, 0.1) is 22.8 Å². The molecule has 0 amide bonds. The predicted octanol–water partition coefficient (Wildman–Crippen LogP) is 5.56. The van der Waals surface area contributed by atoms with E-state index in [2.05, 4.69) is 14.8 Å². The molecule has 0 aliphatic heterocycles. The molecule has 7 nitrogen and oxygen atoms in total. The second kappa shape index (κ2) is 9.82. The van der Waals surface area contributed by atoms with Crippen molar-refractivity contribution in [3.8, 4) is 23.1 Å². The van der Waals surface area contributed by atoms with Crippen LogP contribution in [0.15, 0.2) is 77.7 Å². The number of aromatic nitrogens is 3. The fourth-order valence-electron chi connectivity index (χ4n) is 3.09. The molecule has 3 aromatic carbocycles. The van der Waals surface area contributed by atoms with E-state index >= 15 is 0 Å². The van der Waals surface area contributed by atoms with Gasteiger partial charge in [0.2, 0.25) is 0 Å². The van der Waals surface area contributed by atoms with Crippen molar-refractivity contribution in [2.45, 2.75) is 18.7 Å². The normalized spacial score (nSPS) is 11.6. The Morgan fingerprint density at radius 2 is 1.71 bits per heavy atom. The highest BCUT2D eigenvalue weighted by Crippen LogP contribution is 2.27. The number of nitrogens with zero attached hydrogens (tertiary/aromatic N) is 3. The summed E-state index contributed by atoms with van der Waals surface area (Å²) in [5, 5.41) is 4.84. The van der Waals surface area contributed by atoms with E-state index in [-0.39, 0.29) is 28.2 Å². The van der Waals surface area contributed by atoms with E-state index in [1.165, 1.54) is 35.0 Å². The van der Waals surface area contributed by atoms with Crippen LogP contribution in [0.25, 0.3) is 17.1 Å². The molecule has 0 aliphatic carbocycles. The van der Waals surface area contributed by atoms with Gasteiger partial charge in [-0.05, 0) is 66.6 Å². The predicted molar refractivity (Wildman–Crippen MR) is 129 cm³/mol. The van der Waals surface area contributed by atoms with Crippen LogP contribution >= 0.6 is 11.6 Å². The van der Waals surface area contributed by atoms with E-state index in [0.29, 0.717) is 23.0 Å². The molecule has 10 heteroatoms. The molecule has 0 fully saturated rings. The lowest BCUT2D eigenvalue weighted by Crippen LogP contribution is -2.12. The molecular formula is C24H22ClFN4O3S. The fourth-order valence-corrected chi connectivity index (χ4v) is 4.28. The summed E-state index contributed by atoms with van der Waals surface area (Å²) in [7, 11) is -3.79. The van der Waals surface area contributed by atoms with Gasteiger partial charge in [-0.25, -0.2) is 17.5 Å². The quantitative estimate of drug-likeness (QED) is 0.342. The summed E-state index contributed by atoms with van der Waals surface area (Å²) in [6.45, 7) is 4.41. The zero-order valence-corrected chi connectivity index (χ0v) is 20.0. The standard InChI is InChI=1S/C24H22ClFN4O3S/c1-16(2)15-33-24-27-23(21-5-3-4-6-22(21)26)30(28-24)19-11-9-18(10-12-19)29-34(31,32)20-13-7-17(25)8-14-20/h3-14,16,29H,15H2,1-2H3. The third-order valence-corrected chi connectivity index (χ3v) is 6.39. The summed E-state index contributed by atoms with van der Waals surface area (Å²) in [6.07, 6.45) is 0. The van der Waals surface area contributed by atoms with Crippen molar-refractivity contribution in [3.63, 3.8) is 0 Å². The minimum absolute atomic E-state index is 0.0889. The van der Waals surface area contributed by atoms with Crippen LogP contribution in [-0.2, 0) is 10.0 Å². The number of halogens is 2. The van der Waals surface area contributed by atoms with Gasteiger partial charge < -0.3 is 4.74 Å². The summed E-state index contributed by atoms with van der Waals surface area (Å²) in [5.74, 6) is 0.0852. The molecule has 4 aromatic rings. The fraction of sp³-hybridized carbons (Fsp3) is 0.167. The van der Waals surface area contributed by atoms with Crippen LogP contribution in [-0.4, -0.2) is 29.8 Å². The molecule has 0 saturated heterocycles. The highest BCUT2D eigenvalue weighted by Gasteiger charge is 2.19. The molecule has 1 heterocycles. The molecule has 1 N–H and O–H groups in total. The van der Waals surface area contributed by atoms with Crippen molar-refractivity contribution in [2.75, 3.05) is 11.3 Å². The molecule has 34 heavy (non-hydrogen) atoms. The van der Waals surface area contributed by atoms with E-state index in [4.69, 9.17) is 16.3 Å². The van der Waals surface area contributed by atoms with Gasteiger partial charge in [-0.15, -0.1) is 5.10 Å². The molecule has 0 radical (unpaired) electrons. The van der Waals surface area contributed by atoms with Gasteiger partial charge in [0.25, 0.3) is 10.0 Å². The zero-order chi connectivity index (χ0) is 24.3. The molecule has 176 valence electrons. The molecule has 4 rings (SSSR count). The first-order valence-corrected chi connectivity index (χ1v) is 12.3. The maximum Gasteiger partial charge on any atom is 0.336 e. The van der Waals surface area contributed by atoms with Gasteiger partial charge in [0, 0.05) is 10.7 Å². The number of hydrogen-bond acceptors (Lipinski definition) is 5. The smallest absolute Gasteiger partial charge is 0.336 e.